The molecule has 0 aliphatic carbocycles. The van der Waals surface area contributed by atoms with E-state index in [0.29, 0.717) is 11.0 Å². The highest BCUT2D eigenvalue weighted by atomic mass is 79.9. The fourth-order valence-corrected chi connectivity index (χ4v) is 2.84. The Morgan fingerprint density at radius 1 is 1.05 bits per heavy atom. The molecule has 0 aliphatic rings. The highest BCUT2D eigenvalue weighted by Crippen LogP contribution is 2.20. The van der Waals surface area contributed by atoms with E-state index in [9.17, 15) is 8.42 Å². The van der Waals surface area contributed by atoms with Crippen molar-refractivity contribution in [1.82, 2.24) is 9.97 Å². The van der Waals surface area contributed by atoms with Crippen LogP contribution in [0, 0.1) is 0 Å². The maximum Gasteiger partial charge on any atom is 0.341 e. The van der Waals surface area contributed by atoms with E-state index >= 15 is 0 Å². The number of hydrogen-bond acceptors (Lipinski definition) is 4. The molecular formula is C13H9BrN2O3S. The fourth-order valence-electron chi connectivity index (χ4n) is 1.72. The SMILES string of the molecule is O=S(=O)(Oc1nc2ccccc2[nH]1)c1ccc(Br)cc1. The fraction of sp³-hybridized carbons (Fsp3) is 0. The smallest absolute Gasteiger partial charge is 0.341 e. The van der Waals surface area contributed by atoms with Crippen LogP contribution in [-0.2, 0) is 10.1 Å². The van der Waals surface area contributed by atoms with Crippen LogP contribution in [0.3, 0.4) is 0 Å². The van der Waals surface area contributed by atoms with Gasteiger partial charge in [0.15, 0.2) is 0 Å². The van der Waals surface area contributed by atoms with E-state index in [0.717, 1.165) is 4.47 Å². The summed E-state index contributed by atoms with van der Waals surface area (Å²) in [6, 6.07) is 13.3. The highest BCUT2D eigenvalue weighted by Gasteiger charge is 2.18. The van der Waals surface area contributed by atoms with E-state index in [2.05, 4.69) is 25.9 Å². The van der Waals surface area contributed by atoms with E-state index in [4.69, 9.17) is 4.18 Å². The Balaban J connectivity index is 1.94. The molecule has 3 aromatic rings. The van der Waals surface area contributed by atoms with Crippen LogP contribution in [0.4, 0.5) is 0 Å². The van der Waals surface area contributed by atoms with Gasteiger partial charge in [-0.3, -0.25) is 0 Å². The Hall–Kier alpha value is -1.86. The first-order valence-electron chi connectivity index (χ1n) is 5.69. The number of H-pyrrole nitrogens is 1. The number of benzene rings is 2. The van der Waals surface area contributed by atoms with Crippen LogP contribution in [0.1, 0.15) is 0 Å². The molecule has 5 nitrogen and oxygen atoms in total. The van der Waals surface area contributed by atoms with Gasteiger partial charge in [0.05, 0.1) is 11.0 Å². The van der Waals surface area contributed by atoms with Crippen molar-refractivity contribution in [3.05, 3.63) is 53.0 Å². The molecule has 1 N–H and O–H groups in total. The largest absolute Gasteiger partial charge is 0.342 e. The van der Waals surface area contributed by atoms with Gasteiger partial charge in [0, 0.05) is 4.47 Å². The van der Waals surface area contributed by atoms with Gasteiger partial charge in [-0.1, -0.05) is 28.1 Å². The summed E-state index contributed by atoms with van der Waals surface area (Å²) in [6.45, 7) is 0. The first-order valence-corrected chi connectivity index (χ1v) is 7.89. The van der Waals surface area contributed by atoms with E-state index in [1.807, 2.05) is 12.1 Å². The molecule has 0 spiro atoms. The van der Waals surface area contributed by atoms with Gasteiger partial charge >= 0.3 is 16.1 Å². The minimum absolute atomic E-state index is 0.0471. The Bertz CT molecular complexity index is 824. The van der Waals surface area contributed by atoms with E-state index in [1.165, 1.54) is 12.1 Å². The van der Waals surface area contributed by atoms with Crippen LogP contribution in [0.25, 0.3) is 11.0 Å². The lowest BCUT2D eigenvalue weighted by Crippen LogP contribution is -2.10. The van der Waals surface area contributed by atoms with Crippen LogP contribution in [0.2, 0.25) is 0 Å². The summed E-state index contributed by atoms with van der Waals surface area (Å²) in [6.07, 6.45) is 0. The van der Waals surface area contributed by atoms with Crippen molar-refractivity contribution in [3.63, 3.8) is 0 Å². The van der Waals surface area contributed by atoms with Crippen molar-refractivity contribution >= 4 is 37.1 Å². The minimum Gasteiger partial charge on any atom is -0.342 e. The maximum absolute atomic E-state index is 12.1. The average molecular weight is 353 g/mol. The molecule has 20 heavy (non-hydrogen) atoms. The summed E-state index contributed by atoms with van der Waals surface area (Å²) in [5.41, 5.74) is 1.36. The summed E-state index contributed by atoms with van der Waals surface area (Å²) in [5, 5.41) is 0. The number of hydrogen-bond donors (Lipinski definition) is 1. The van der Waals surface area contributed by atoms with Crippen LogP contribution >= 0.6 is 15.9 Å². The summed E-state index contributed by atoms with van der Waals surface area (Å²) in [4.78, 5) is 6.96. The topological polar surface area (TPSA) is 72.1 Å². The van der Waals surface area contributed by atoms with Gasteiger partial charge in [0.25, 0.3) is 0 Å². The molecule has 0 atom stereocenters. The molecule has 102 valence electrons. The van der Waals surface area contributed by atoms with Crippen molar-refractivity contribution in [2.24, 2.45) is 0 Å². The molecule has 0 saturated heterocycles. The molecular weight excluding hydrogens is 344 g/mol. The number of imidazole rings is 1. The van der Waals surface area contributed by atoms with Gasteiger partial charge in [0.1, 0.15) is 4.90 Å². The second-order valence-electron chi connectivity index (χ2n) is 4.05. The van der Waals surface area contributed by atoms with Gasteiger partial charge < -0.3 is 9.17 Å². The summed E-state index contributed by atoms with van der Waals surface area (Å²) < 4.78 is 30.0. The quantitative estimate of drug-likeness (QED) is 0.735. The Morgan fingerprint density at radius 2 is 1.75 bits per heavy atom. The summed E-state index contributed by atoms with van der Waals surface area (Å²) in [5.74, 6) is 0. The van der Waals surface area contributed by atoms with Crippen molar-refractivity contribution < 1.29 is 12.6 Å². The molecule has 3 rings (SSSR count). The number of para-hydroxylation sites is 2. The number of aromatic amines is 1. The molecule has 0 radical (unpaired) electrons. The highest BCUT2D eigenvalue weighted by molar-refractivity contribution is 9.10. The van der Waals surface area contributed by atoms with Gasteiger partial charge in [-0.25, -0.2) is 0 Å². The first-order chi connectivity index (χ1) is 9.54. The summed E-state index contributed by atoms with van der Waals surface area (Å²) >= 11 is 3.25. The molecule has 0 aliphatic heterocycles. The average Bonchev–Trinajstić information content (AvgIpc) is 2.80. The third-order valence-electron chi connectivity index (χ3n) is 2.66. The van der Waals surface area contributed by atoms with Crippen molar-refractivity contribution in [3.8, 4) is 6.01 Å². The molecule has 0 bridgehead atoms. The number of halogens is 1. The van der Waals surface area contributed by atoms with E-state index in [1.54, 1.807) is 24.3 Å². The van der Waals surface area contributed by atoms with E-state index in [-0.39, 0.29) is 10.9 Å². The molecule has 0 amide bonds. The molecule has 0 saturated carbocycles. The number of fused-ring (bicyclic) bond motifs is 1. The first kappa shape index (κ1) is 13.1. The van der Waals surface area contributed by atoms with Crippen LogP contribution < -0.4 is 4.18 Å². The van der Waals surface area contributed by atoms with Crippen LogP contribution in [-0.4, -0.2) is 18.4 Å². The molecule has 2 aromatic carbocycles. The Labute approximate surface area is 123 Å². The number of rotatable bonds is 3. The van der Waals surface area contributed by atoms with Crippen LogP contribution in [0.5, 0.6) is 6.01 Å². The van der Waals surface area contributed by atoms with Gasteiger partial charge in [0.2, 0.25) is 0 Å². The normalized spacial score (nSPS) is 11.7. The van der Waals surface area contributed by atoms with Crippen molar-refractivity contribution in [2.45, 2.75) is 4.90 Å². The van der Waals surface area contributed by atoms with Crippen LogP contribution in [0.15, 0.2) is 57.9 Å². The zero-order valence-corrected chi connectivity index (χ0v) is 12.5. The monoisotopic (exact) mass is 352 g/mol. The van der Waals surface area contributed by atoms with Gasteiger partial charge in [-0.05, 0) is 36.4 Å². The zero-order valence-electron chi connectivity index (χ0n) is 10.1. The number of nitrogens with one attached hydrogen (secondary N) is 1. The third kappa shape index (κ3) is 2.54. The molecule has 1 heterocycles. The van der Waals surface area contributed by atoms with Gasteiger partial charge in [-0.2, -0.15) is 13.4 Å². The lowest BCUT2D eigenvalue weighted by Gasteiger charge is -2.03. The second-order valence-corrected chi connectivity index (χ2v) is 6.51. The predicted octanol–water partition coefficient (Wildman–Crippen LogP) is 3.09. The number of nitrogens with zero attached hydrogens (tertiary/aromatic N) is 1. The van der Waals surface area contributed by atoms with Crippen molar-refractivity contribution in [1.29, 1.82) is 0 Å². The standard InChI is InChI=1S/C13H9BrN2O3S/c14-9-5-7-10(8-6-9)20(17,18)19-13-15-11-3-1-2-4-12(11)16-13/h1-8H,(H,15,16). The second kappa shape index (κ2) is 4.92. The predicted molar refractivity (Wildman–Crippen MR) is 78.0 cm³/mol. The molecule has 1 aromatic heterocycles. The lowest BCUT2D eigenvalue weighted by molar-refractivity contribution is 0.468. The summed E-state index contributed by atoms with van der Waals surface area (Å²) in [7, 11) is -3.89. The lowest BCUT2D eigenvalue weighted by atomic mass is 10.3. The zero-order chi connectivity index (χ0) is 14.2. The third-order valence-corrected chi connectivity index (χ3v) is 4.41. The van der Waals surface area contributed by atoms with E-state index < -0.39 is 10.1 Å². The number of aromatic nitrogens is 2. The minimum atomic E-state index is -3.89. The van der Waals surface area contributed by atoms with Gasteiger partial charge in [-0.15, -0.1) is 0 Å². The molecule has 0 fully saturated rings. The Morgan fingerprint density at radius 3 is 2.45 bits per heavy atom. The molecule has 7 heteroatoms. The Kier molecular flexibility index (Phi) is 3.23. The van der Waals surface area contributed by atoms with Crippen molar-refractivity contribution in [2.75, 3.05) is 0 Å². The maximum atomic E-state index is 12.1. The molecule has 0 unspecified atom stereocenters.